The first-order valence-electron chi connectivity index (χ1n) is 9.08. The molecule has 0 aromatic heterocycles. The Balaban J connectivity index is 0.000000552. The van der Waals surface area contributed by atoms with Crippen LogP contribution in [0.2, 0.25) is 0 Å². The number of ether oxygens (including phenoxy) is 2. The average molecular weight is 363 g/mol. The van der Waals surface area contributed by atoms with Gasteiger partial charge in [0, 0.05) is 26.1 Å². The molecule has 1 aromatic carbocycles. The van der Waals surface area contributed by atoms with E-state index in [-0.39, 0.29) is 18.0 Å². The van der Waals surface area contributed by atoms with Gasteiger partial charge in [-0.2, -0.15) is 0 Å². The largest absolute Gasteiger partial charge is 0.481 e. The highest BCUT2D eigenvalue weighted by atomic mass is 16.5. The van der Waals surface area contributed by atoms with Crippen molar-refractivity contribution in [3.05, 3.63) is 35.9 Å². The Morgan fingerprint density at radius 2 is 1.73 bits per heavy atom. The van der Waals surface area contributed by atoms with Crippen molar-refractivity contribution in [3.8, 4) is 0 Å². The molecule has 0 radical (unpaired) electrons. The predicted octanol–water partition coefficient (Wildman–Crippen LogP) is 2.68. The van der Waals surface area contributed by atoms with E-state index < -0.39 is 5.97 Å². The minimum atomic E-state index is -0.833. The van der Waals surface area contributed by atoms with Crippen LogP contribution in [0.4, 0.5) is 0 Å². The number of nitrogens with zero attached hydrogens (tertiary/aromatic N) is 1. The zero-order valence-electron chi connectivity index (χ0n) is 15.8. The van der Waals surface area contributed by atoms with Crippen LogP contribution in [-0.4, -0.2) is 60.9 Å². The van der Waals surface area contributed by atoms with Gasteiger partial charge in [0.2, 0.25) is 0 Å². The zero-order chi connectivity index (χ0) is 19.1. The number of carbonyl (C=O) groups excluding carboxylic acids is 1. The van der Waals surface area contributed by atoms with Crippen LogP contribution in [0.5, 0.6) is 0 Å². The lowest BCUT2D eigenvalue weighted by Gasteiger charge is -2.36. The molecule has 3 atom stereocenters. The Labute approximate surface area is 155 Å². The fourth-order valence-corrected chi connectivity index (χ4v) is 3.86. The molecule has 26 heavy (non-hydrogen) atoms. The predicted molar refractivity (Wildman–Crippen MR) is 98.1 cm³/mol. The molecule has 2 aliphatic rings. The van der Waals surface area contributed by atoms with Crippen LogP contribution >= 0.6 is 0 Å². The van der Waals surface area contributed by atoms with Crippen LogP contribution in [0.25, 0.3) is 0 Å². The molecule has 2 heterocycles. The molecule has 144 valence electrons. The standard InChI is InChI=1S/C18H25NO3.C2H4O2/c1-19-14-8-9-15(19)11-16(10-14)22-18(20)17(12-21-2)13-6-4-3-5-7-13;1-2(3)4/h3-7,14-17H,8-12H2,1-2H3;1H3,(H,3,4). The van der Waals surface area contributed by atoms with Gasteiger partial charge in [0.15, 0.2) is 0 Å². The summed E-state index contributed by atoms with van der Waals surface area (Å²) in [6, 6.07) is 10.9. The van der Waals surface area contributed by atoms with E-state index in [0.717, 1.165) is 25.3 Å². The van der Waals surface area contributed by atoms with Crippen LogP contribution in [-0.2, 0) is 19.1 Å². The first kappa shape index (κ1) is 20.4. The number of benzene rings is 1. The van der Waals surface area contributed by atoms with Crippen molar-refractivity contribution in [3.63, 3.8) is 0 Å². The van der Waals surface area contributed by atoms with Gasteiger partial charge in [-0.15, -0.1) is 0 Å². The molecule has 3 rings (SSSR count). The molecular formula is C20H29NO5. The molecule has 6 heteroatoms. The Hall–Kier alpha value is -1.92. The lowest BCUT2D eigenvalue weighted by atomic mass is 9.98. The molecular weight excluding hydrogens is 334 g/mol. The van der Waals surface area contributed by atoms with Crippen molar-refractivity contribution in [2.24, 2.45) is 0 Å². The average Bonchev–Trinajstić information content (AvgIpc) is 2.81. The van der Waals surface area contributed by atoms with Crippen molar-refractivity contribution in [1.29, 1.82) is 0 Å². The van der Waals surface area contributed by atoms with Gasteiger partial charge in [-0.05, 0) is 38.3 Å². The van der Waals surface area contributed by atoms with Crippen molar-refractivity contribution in [1.82, 2.24) is 4.90 Å². The van der Waals surface area contributed by atoms with E-state index >= 15 is 0 Å². The van der Waals surface area contributed by atoms with Gasteiger partial charge >= 0.3 is 5.97 Å². The molecule has 0 aliphatic carbocycles. The number of esters is 1. The number of hydrogen-bond acceptors (Lipinski definition) is 5. The maximum atomic E-state index is 12.6. The molecule has 2 aliphatic heterocycles. The first-order valence-corrected chi connectivity index (χ1v) is 9.08. The highest BCUT2D eigenvalue weighted by molar-refractivity contribution is 5.78. The summed E-state index contributed by atoms with van der Waals surface area (Å²) >= 11 is 0. The summed E-state index contributed by atoms with van der Waals surface area (Å²) in [7, 11) is 3.82. The molecule has 6 nitrogen and oxygen atoms in total. The van der Waals surface area contributed by atoms with Crippen molar-refractivity contribution < 1.29 is 24.2 Å². The Morgan fingerprint density at radius 1 is 1.19 bits per heavy atom. The van der Waals surface area contributed by atoms with E-state index in [2.05, 4.69) is 11.9 Å². The van der Waals surface area contributed by atoms with Crippen LogP contribution < -0.4 is 0 Å². The van der Waals surface area contributed by atoms with Gasteiger partial charge in [0.1, 0.15) is 12.0 Å². The zero-order valence-corrected chi connectivity index (χ0v) is 15.8. The van der Waals surface area contributed by atoms with Gasteiger partial charge < -0.3 is 19.5 Å². The summed E-state index contributed by atoms with van der Waals surface area (Å²) in [5.41, 5.74) is 0.963. The second-order valence-electron chi connectivity index (χ2n) is 7.02. The third-order valence-electron chi connectivity index (χ3n) is 5.16. The van der Waals surface area contributed by atoms with Crippen molar-refractivity contribution >= 4 is 11.9 Å². The van der Waals surface area contributed by atoms with E-state index in [1.807, 2.05) is 30.3 Å². The molecule has 2 bridgehead atoms. The minimum absolute atomic E-state index is 0.0595. The third-order valence-corrected chi connectivity index (χ3v) is 5.16. The number of carboxylic acid groups (broad SMARTS) is 1. The van der Waals surface area contributed by atoms with E-state index in [4.69, 9.17) is 19.4 Å². The van der Waals surface area contributed by atoms with Gasteiger partial charge in [0.25, 0.3) is 5.97 Å². The van der Waals surface area contributed by atoms with Crippen LogP contribution in [0.3, 0.4) is 0 Å². The molecule has 0 saturated carbocycles. The molecule has 0 spiro atoms. The van der Waals surface area contributed by atoms with Crippen LogP contribution in [0.1, 0.15) is 44.1 Å². The second kappa shape index (κ2) is 9.69. The van der Waals surface area contributed by atoms with Crippen molar-refractivity contribution in [2.75, 3.05) is 20.8 Å². The van der Waals surface area contributed by atoms with Crippen LogP contribution in [0, 0.1) is 0 Å². The summed E-state index contributed by atoms with van der Waals surface area (Å²) in [4.78, 5) is 24.1. The monoisotopic (exact) mass is 363 g/mol. The highest BCUT2D eigenvalue weighted by Gasteiger charge is 2.40. The summed E-state index contributed by atoms with van der Waals surface area (Å²) in [5.74, 6) is -1.31. The van der Waals surface area contributed by atoms with Gasteiger partial charge in [-0.1, -0.05) is 30.3 Å². The molecule has 2 saturated heterocycles. The Kier molecular flexibility index (Phi) is 7.60. The Morgan fingerprint density at radius 3 is 2.23 bits per heavy atom. The number of carboxylic acids is 1. The fraction of sp³-hybridized carbons (Fsp3) is 0.600. The van der Waals surface area contributed by atoms with E-state index in [9.17, 15) is 4.79 Å². The first-order chi connectivity index (χ1) is 12.4. The maximum absolute atomic E-state index is 12.6. The number of aliphatic carboxylic acids is 1. The lowest BCUT2D eigenvalue weighted by molar-refractivity contribution is -0.155. The van der Waals surface area contributed by atoms with E-state index in [0.29, 0.717) is 18.7 Å². The van der Waals surface area contributed by atoms with Crippen LogP contribution in [0.15, 0.2) is 30.3 Å². The molecule has 2 fully saturated rings. The third kappa shape index (κ3) is 5.54. The lowest BCUT2D eigenvalue weighted by Crippen LogP contribution is -2.43. The number of hydrogen-bond donors (Lipinski definition) is 1. The number of piperidine rings is 1. The summed E-state index contributed by atoms with van der Waals surface area (Å²) < 4.78 is 11.1. The minimum Gasteiger partial charge on any atom is -0.481 e. The second-order valence-corrected chi connectivity index (χ2v) is 7.02. The molecule has 1 N–H and O–H groups in total. The molecule has 0 amide bonds. The highest BCUT2D eigenvalue weighted by Crippen LogP contribution is 2.36. The van der Waals surface area contributed by atoms with Gasteiger partial charge in [-0.25, -0.2) is 0 Å². The van der Waals surface area contributed by atoms with Gasteiger partial charge in [-0.3, -0.25) is 9.59 Å². The summed E-state index contributed by atoms with van der Waals surface area (Å²) in [6.45, 7) is 1.45. The SMILES string of the molecule is CC(=O)O.COCC(C(=O)OC1CC2CCC(C1)N2C)c1ccccc1. The van der Waals surface area contributed by atoms with E-state index in [1.54, 1.807) is 7.11 Å². The number of fused-ring (bicyclic) bond motifs is 2. The number of rotatable bonds is 5. The summed E-state index contributed by atoms with van der Waals surface area (Å²) in [5, 5.41) is 7.42. The smallest absolute Gasteiger partial charge is 0.316 e. The maximum Gasteiger partial charge on any atom is 0.316 e. The molecule has 3 unspecified atom stereocenters. The topological polar surface area (TPSA) is 76.1 Å². The fourth-order valence-electron chi connectivity index (χ4n) is 3.86. The normalized spacial score (nSPS) is 25.7. The number of methoxy groups -OCH3 is 1. The van der Waals surface area contributed by atoms with E-state index in [1.165, 1.54) is 12.8 Å². The summed E-state index contributed by atoms with van der Waals surface area (Å²) in [6.07, 6.45) is 4.45. The number of carbonyl (C=O) groups is 2. The molecule has 1 aromatic rings. The van der Waals surface area contributed by atoms with Crippen molar-refractivity contribution in [2.45, 2.75) is 56.7 Å². The quantitative estimate of drug-likeness (QED) is 0.811. The van der Waals surface area contributed by atoms with Gasteiger partial charge in [0.05, 0.1) is 6.61 Å². The Bertz CT molecular complexity index is 573.